The fourth-order valence-electron chi connectivity index (χ4n) is 3.45. The summed E-state index contributed by atoms with van der Waals surface area (Å²) in [7, 11) is 0. The summed E-state index contributed by atoms with van der Waals surface area (Å²) >= 11 is 0. The Bertz CT molecular complexity index is 233. The summed E-state index contributed by atoms with van der Waals surface area (Å²) in [5, 5.41) is 0. The Labute approximate surface area is 80.9 Å². The molecule has 0 N–H and O–H groups in total. The van der Waals surface area contributed by atoms with Crippen molar-refractivity contribution in [1.29, 1.82) is 0 Å². The third-order valence-corrected chi connectivity index (χ3v) is 4.62. The topological polar surface area (TPSA) is 17.1 Å². The van der Waals surface area contributed by atoms with E-state index in [1.807, 2.05) is 0 Å². The number of carbonyl (C=O) groups excluding carboxylic acids is 1. The Kier molecular flexibility index (Phi) is 2.01. The van der Waals surface area contributed by atoms with Gasteiger partial charge in [-0.3, -0.25) is 4.79 Å². The summed E-state index contributed by atoms with van der Waals surface area (Å²) in [6.07, 6.45) is 4.62. The molecule has 2 rings (SSSR count). The molecule has 0 aromatic carbocycles. The minimum Gasteiger partial charge on any atom is -0.299 e. The van der Waals surface area contributed by atoms with E-state index in [4.69, 9.17) is 0 Å². The van der Waals surface area contributed by atoms with Gasteiger partial charge in [0.2, 0.25) is 0 Å². The van der Waals surface area contributed by atoms with Crippen molar-refractivity contribution in [3.8, 4) is 0 Å². The fraction of sp³-hybridized carbons (Fsp3) is 0.917. The summed E-state index contributed by atoms with van der Waals surface area (Å²) in [4.78, 5) is 11.8. The molecule has 1 nitrogen and oxygen atoms in total. The highest BCUT2D eigenvalue weighted by molar-refractivity contribution is 5.83. The molecule has 13 heavy (non-hydrogen) atoms. The van der Waals surface area contributed by atoms with E-state index >= 15 is 0 Å². The molecular formula is C12H20O. The number of Topliss-reactive ketones (excluding diaryl/α,β-unsaturated/α-hetero) is 1. The summed E-state index contributed by atoms with van der Waals surface area (Å²) in [6.45, 7) is 6.61. The summed E-state index contributed by atoms with van der Waals surface area (Å²) in [5.74, 6) is 2.45. The molecule has 0 spiro atoms. The van der Waals surface area contributed by atoms with Gasteiger partial charge in [0, 0.05) is 12.3 Å². The number of hydrogen-bond donors (Lipinski definition) is 0. The molecule has 74 valence electrons. The Morgan fingerprint density at radius 2 is 2.15 bits per heavy atom. The predicted octanol–water partition coefficient (Wildman–Crippen LogP) is 3.04. The molecule has 2 saturated carbocycles. The zero-order chi connectivity index (χ0) is 9.64. The van der Waals surface area contributed by atoms with Gasteiger partial charge in [0.1, 0.15) is 5.78 Å². The molecule has 3 unspecified atom stereocenters. The summed E-state index contributed by atoms with van der Waals surface area (Å²) in [6, 6.07) is 0. The SMILES string of the molecule is CCC1C2CC2(CC)CC(=O)[C@@H]1C. The molecule has 0 bridgehead atoms. The monoisotopic (exact) mass is 180 g/mol. The Morgan fingerprint density at radius 1 is 1.46 bits per heavy atom. The molecule has 0 aliphatic heterocycles. The van der Waals surface area contributed by atoms with Gasteiger partial charge in [-0.1, -0.05) is 27.2 Å². The minimum atomic E-state index is 0.345. The molecule has 0 aromatic rings. The average molecular weight is 180 g/mol. The van der Waals surface area contributed by atoms with Crippen LogP contribution in [0.4, 0.5) is 0 Å². The van der Waals surface area contributed by atoms with Crippen molar-refractivity contribution in [1.82, 2.24) is 0 Å². The van der Waals surface area contributed by atoms with E-state index in [2.05, 4.69) is 20.8 Å². The molecule has 0 saturated heterocycles. The van der Waals surface area contributed by atoms with Gasteiger partial charge in [-0.05, 0) is 30.1 Å². The Balaban J connectivity index is 2.17. The first kappa shape index (κ1) is 9.23. The molecule has 0 amide bonds. The number of fused-ring (bicyclic) bond motifs is 1. The fourth-order valence-corrected chi connectivity index (χ4v) is 3.45. The molecule has 0 heterocycles. The molecule has 0 aromatic heterocycles. The van der Waals surface area contributed by atoms with Crippen LogP contribution < -0.4 is 0 Å². The van der Waals surface area contributed by atoms with Crippen LogP contribution in [0, 0.1) is 23.2 Å². The lowest BCUT2D eigenvalue weighted by molar-refractivity contribution is -0.128. The van der Waals surface area contributed by atoms with Crippen molar-refractivity contribution in [3.63, 3.8) is 0 Å². The van der Waals surface area contributed by atoms with Crippen molar-refractivity contribution >= 4 is 5.78 Å². The number of carbonyl (C=O) groups is 1. The van der Waals surface area contributed by atoms with E-state index in [-0.39, 0.29) is 0 Å². The van der Waals surface area contributed by atoms with E-state index in [9.17, 15) is 4.79 Å². The Hall–Kier alpha value is -0.330. The number of rotatable bonds is 2. The van der Waals surface area contributed by atoms with E-state index in [0.717, 1.165) is 12.3 Å². The normalized spacial score (nSPS) is 48.8. The number of ketones is 1. The molecule has 2 aliphatic rings. The van der Waals surface area contributed by atoms with Crippen molar-refractivity contribution < 1.29 is 4.79 Å². The Morgan fingerprint density at radius 3 is 2.69 bits per heavy atom. The van der Waals surface area contributed by atoms with Gasteiger partial charge >= 0.3 is 0 Å². The van der Waals surface area contributed by atoms with Gasteiger partial charge in [-0.25, -0.2) is 0 Å². The van der Waals surface area contributed by atoms with E-state index < -0.39 is 0 Å². The lowest BCUT2D eigenvalue weighted by atomic mass is 9.72. The molecule has 2 fully saturated rings. The van der Waals surface area contributed by atoms with Gasteiger partial charge < -0.3 is 0 Å². The van der Waals surface area contributed by atoms with Crippen LogP contribution >= 0.6 is 0 Å². The second kappa shape index (κ2) is 2.83. The molecular weight excluding hydrogens is 160 g/mol. The van der Waals surface area contributed by atoms with Crippen LogP contribution in [-0.2, 0) is 4.79 Å². The van der Waals surface area contributed by atoms with Crippen LogP contribution in [0.2, 0.25) is 0 Å². The van der Waals surface area contributed by atoms with Gasteiger partial charge in [-0.15, -0.1) is 0 Å². The molecule has 2 aliphatic carbocycles. The lowest BCUT2D eigenvalue weighted by Gasteiger charge is -2.31. The van der Waals surface area contributed by atoms with Crippen molar-refractivity contribution in [2.75, 3.05) is 0 Å². The van der Waals surface area contributed by atoms with Crippen LogP contribution in [0.1, 0.15) is 46.5 Å². The maximum atomic E-state index is 11.8. The maximum absolute atomic E-state index is 11.8. The van der Waals surface area contributed by atoms with Gasteiger partial charge in [0.15, 0.2) is 0 Å². The van der Waals surface area contributed by atoms with Gasteiger partial charge in [0.05, 0.1) is 0 Å². The smallest absolute Gasteiger partial charge is 0.136 e. The molecule has 4 atom stereocenters. The van der Waals surface area contributed by atoms with Crippen LogP contribution in [0.25, 0.3) is 0 Å². The zero-order valence-corrected chi connectivity index (χ0v) is 8.97. The predicted molar refractivity (Wildman–Crippen MR) is 53.4 cm³/mol. The highest BCUT2D eigenvalue weighted by Gasteiger charge is 2.61. The average Bonchev–Trinajstić information content (AvgIpc) is 2.81. The second-order valence-corrected chi connectivity index (χ2v) is 5.03. The largest absolute Gasteiger partial charge is 0.299 e. The quantitative estimate of drug-likeness (QED) is 0.638. The zero-order valence-electron chi connectivity index (χ0n) is 8.97. The summed E-state index contributed by atoms with van der Waals surface area (Å²) in [5.41, 5.74) is 0.463. The van der Waals surface area contributed by atoms with E-state index in [1.54, 1.807) is 0 Å². The second-order valence-electron chi connectivity index (χ2n) is 5.03. The third kappa shape index (κ3) is 1.16. The van der Waals surface area contributed by atoms with E-state index in [1.165, 1.54) is 19.3 Å². The first-order valence-corrected chi connectivity index (χ1v) is 5.67. The maximum Gasteiger partial charge on any atom is 0.136 e. The lowest BCUT2D eigenvalue weighted by Crippen LogP contribution is -2.32. The molecule has 0 radical (unpaired) electrons. The first-order chi connectivity index (χ1) is 6.14. The number of hydrogen-bond acceptors (Lipinski definition) is 1. The standard InChI is InChI=1S/C12H20O/c1-4-9-8(3)11(13)7-12(5-2)6-10(9)12/h8-10H,4-7H2,1-3H3/t8-,9?,10?,12?/m1/s1. The summed E-state index contributed by atoms with van der Waals surface area (Å²) < 4.78 is 0. The van der Waals surface area contributed by atoms with Crippen LogP contribution in [0.15, 0.2) is 0 Å². The minimum absolute atomic E-state index is 0.345. The highest BCUT2D eigenvalue weighted by Crippen LogP contribution is 2.66. The van der Waals surface area contributed by atoms with Crippen molar-refractivity contribution in [2.45, 2.75) is 46.5 Å². The van der Waals surface area contributed by atoms with Crippen molar-refractivity contribution in [2.24, 2.45) is 23.2 Å². The van der Waals surface area contributed by atoms with Gasteiger partial charge in [-0.2, -0.15) is 0 Å². The van der Waals surface area contributed by atoms with Gasteiger partial charge in [0.25, 0.3) is 0 Å². The molecule has 1 heteroatoms. The third-order valence-electron chi connectivity index (χ3n) is 4.62. The van der Waals surface area contributed by atoms with E-state index in [0.29, 0.717) is 23.0 Å². The van der Waals surface area contributed by atoms with Crippen LogP contribution in [0.3, 0.4) is 0 Å². The van der Waals surface area contributed by atoms with Crippen LogP contribution in [0.5, 0.6) is 0 Å². The highest BCUT2D eigenvalue weighted by atomic mass is 16.1. The van der Waals surface area contributed by atoms with Crippen molar-refractivity contribution in [3.05, 3.63) is 0 Å². The van der Waals surface area contributed by atoms with Crippen LogP contribution in [-0.4, -0.2) is 5.78 Å². The first-order valence-electron chi connectivity index (χ1n) is 5.67.